The van der Waals surface area contributed by atoms with Gasteiger partial charge in [0.25, 0.3) is 0 Å². The first-order chi connectivity index (χ1) is 9.83. The summed E-state index contributed by atoms with van der Waals surface area (Å²) in [6, 6.07) is 9.09. The van der Waals surface area contributed by atoms with Crippen molar-refractivity contribution in [3.63, 3.8) is 0 Å². The summed E-state index contributed by atoms with van der Waals surface area (Å²) in [6.07, 6.45) is 6.74. The summed E-state index contributed by atoms with van der Waals surface area (Å²) in [5, 5.41) is 3.60. The molecule has 0 amide bonds. The van der Waals surface area contributed by atoms with Gasteiger partial charge in [-0.05, 0) is 37.0 Å². The van der Waals surface area contributed by atoms with Crippen molar-refractivity contribution in [1.82, 2.24) is 14.9 Å². The molecule has 1 aliphatic heterocycles. The first-order valence-electron chi connectivity index (χ1n) is 7.21. The highest BCUT2D eigenvalue weighted by Gasteiger charge is 2.21. The second-order valence-corrected chi connectivity index (χ2v) is 5.43. The van der Waals surface area contributed by atoms with Crippen molar-refractivity contribution in [2.45, 2.75) is 25.9 Å². The Balaban J connectivity index is 1.55. The number of benzene rings is 1. The number of hydrogen-bond donors (Lipinski definition) is 1. The van der Waals surface area contributed by atoms with Gasteiger partial charge in [0.2, 0.25) is 0 Å². The van der Waals surface area contributed by atoms with Crippen LogP contribution in [0.2, 0.25) is 0 Å². The highest BCUT2D eigenvalue weighted by molar-refractivity contribution is 5.34. The quantitative estimate of drug-likeness (QED) is 0.907. The molecule has 0 spiro atoms. The van der Waals surface area contributed by atoms with E-state index in [4.69, 9.17) is 4.74 Å². The molecule has 1 aromatic heterocycles. The van der Waals surface area contributed by atoms with E-state index >= 15 is 0 Å². The Morgan fingerprint density at radius 2 is 2.25 bits per heavy atom. The van der Waals surface area contributed by atoms with Crippen LogP contribution >= 0.6 is 0 Å². The molecule has 1 fully saturated rings. The zero-order valence-electron chi connectivity index (χ0n) is 11.8. The molecule has 0 bridgehead atoms. The third-order valence-corrected chi connectivity index (χ3v) is 4.04. The summed E-state index contributed by atoms with van der Waals surface area (Å²) in [4.78, 5) is 4.06. The molecule has 0 aliphatic carbocycles. The predicted octanol–water partition coefficient (Wildman–Crippen LogP) is 2.39. The Morgan fingerprint density at radius 1 is 1.40 bits per heavy atom. The van der Waals surface area contributed by atoms with Crippen molar-refractivity contribution >= 4 is 0 Å². The van der Waals surface area contributed by atoms with Gasteiger partial charge in [-0.1, -0.05) is 12.1 Å². The van der Waals surface area contributed by atoms with Crippen LogP contribution in [0.15, 0.2) is 43.0 Å². The van der Waals surface area contributed by atoms with Gasteiger partial charge in [-0.25, -0.2) is 4.98 Å². The first-order valence-corrected chi connectivity index (χ1v) is 7.21. The average molecular weight is 271 g/mol. The molecule has 2 unspecified atom stereocenters. The Morgan fingerprint density at radius 3 is 2.90 bits per heavy atom. The van der Waals surface area contributed by atoms with Crippen molar-refractivity contribution < 1.29 is 4.74 Å². The fourth-order valence-corrected chi connectivity index (χ4v) is 2.59. The maximum Gasteiger partial charge on any atom is 0.0991 e. The molecular weight excluding hydrogens is 250 g/mol. The molecule has 1 saturated heterocycles. The zero-order chi connectivity index (χ0) is 13.8. The number of hydrogen-bond acceptors (Lipinski definition) is 3. The minimum Gasteiger partial charge on any atom is -0.381 e. The molecular formula is C16H21N3O. The number of rotatable bonds is 5. The van der Waals surface area contributed by atoms with Crippen LogP contribution in [0.1, 0.15) is 18.9 Å². The summed E-state index contributed by atoms with van der Waals surface area (Å²) >= 11 is 0. The van der Waals surface area contributed by atoms with Crippen LogP contribution in [-0.4, -0.2) is 28.8 Å². The highest BCUT2D eigenvalue weighted by atomic mass is 16.5. The van der Waals surface area contributed by atoms with Gasteiger partial charge in [0.1, 0.15) is 0 Å². The third kappa shape index (κ3) is 3.08. The Bertz CT molecular complexity index is 515. The lowest BCUT2D eigenvalue weighted by Gasteiger charge is -2.19. The zero-order valence-corrected chi connectivity index (χ0v) is 11.8. The molecule has 3 rings (SSSR count). The molecule has 106 valence electrons. The smallest absolute Gasteiger partial charge is 0.0991 e. The molecule has 1 aliphatic rings. The minimum absolute atomic E-state index is 0.505. The molecule has 2 heterocycles. The summed E-state index contributed by atoms with van der Waals surface area (Å²) in [5.41, 5.74) is 2.45. The largest absolute Gasteiger partial charge is 0.381 e. The third-order valence-electron chi connectivity index (χ3n) is 4.04. The average Bonchev–Trinajstić information content (AvgIpc) is 3.18. The molecule has 4 heteroatoms. The van der Waals surface area contributed by atoms with E-state index in [0.29, 0.717) is 12.0 Å². The number of imidazole rings is 1. The van der Waals surface area contributed by atoms with E-state index in [0.717, 1.165) is 25.4 Å². The lowest BCUT2D eigenvalue weighted by Crippen LogP contribution is -2.33. The number of ether oxygens (including phenoxy) is 1. The highest BCUT2D eigenvalue weighted by Crippen LogP contribution is 2.17. The molecule has 4 nitrogen and oxygen atoms in total. The lowest BCUT2D eigenvalue weighted by atomic mass is 10.0. The van der Waals surface area contributed by atoms with Crippen LogP contribution in [0.4, 0.5) is 0 Å². The van der Waals surface area contributed by atoms with Crippen molar-refractivity contribution in [3.05, 3.63) is 48.5 Å². The van der Waals surface area contributed by atoms with Gasteiger partial charge in [0.05, 0.1) is 12.9 Å². The second-order valence-electron chi connectivity index (χ2n) is 5.43. The number of nitrogens with one attached hydrogen (secondary N) is 1. The van der Waals surface area contributed by atoms with Gasteiger partial charge in [-0.15, -0.1) is 0 Å². The van der Waals surface area contributed by atoms with Gasteiger partial charge in [-0.2, -0.15) is 0 Å². The van der Waals surface area contributed by atoms with Crippen molar-refractivity contribution in [2.75, 3.05) is 13.2 Å². The van der Waals surface area contributed by atoms with Gasteiger partial charge >= 0.3 is 0 Å². The van der Waals surface area contributed by atoms with Crippen LogP contribution in [0.3, 0.4) is 0 Å². The Kier molecular flexibility index (Phi) is 4.14. The molecule has 0 saturated carbocycles. The van der Waals surface area contributed by atoms with E-state index in [1.54, 1.807) is 6.20 Å². The monoisotopic (exact) mass is 271 g/mol. The van der Waals surface area contributed by atoms with E-state index in [1.165, 1.54) is 12.0 Å². The molecule has 1 N–H and O–H groups in total. The SMILES string of the molecule is CC(NCc1ccc(-n2ccnc2)cc1)C1CCOC1. The summed E-state index contributed by atoms with van der Waals surface area (Å²) < 4.78 is 7.45. The van der Waals surface area contributed by atoms with Crippen LogP contribution in [0.25, 0.3) is 5.69 Å². The first kappa shape index (κ1) is 13.3. The standard InChI is InChI=1S/C16H21N3O/c1-13(15-6-9-20-11-15)18-10-14-2-4-16(5-3-14)19-8-7-17-12-19/h2-5,7-8,12-13,15,18H,6,9-11H2,1H3. The molecule has 20 heavy (non-hydrogen) atoms. The minimum atomic E-state index is 0.505. The van der Waals surface area contributed by atoms with E-state index in [1.807, 2.05) is 17.1 Å². The maximum atomic E-state index is 5.44. The fraction of sp³-hybridized carbons (Fsp3) is 0.438. The van der Waals surface area contributed by atoms with Gasteiger partial charge in [0.15, 0.2) is 0 Å². The van der Waals surface area contributed by atoms with Crippen molar-refractivity contribution in [2.24, 2.45) is 5.92 Å². The van der Waals surface area contributed by atoms with Crippen LogP contribution in [0, 0.1) is 5.92 Å². The van der Waals surface area contributed by atoms with Crippen LogP contribution < -0.4 is 5.32 Å². The molecule has 2 atom stereocenters. The van der Waals surface area contributed by atoms with Gasteiger partial charge in [-0.3, -0.25) is 0 Å². The lowest BCUT2D eigenvalue weighted by molar-refractivity contribution is 0.178. The molecule has 2 aromatic rings. The van der Waals surface area contributed by atoms with E-state index in [-0.39, 0.29) is 0 Å². The predicted molar refractivity (Wildman–Crippen MR) is 78.8 cm³/mol. The number of nitrogens with zero attached hydrogens (tertiary/aromatic N) is 2. The second kappa shape index (κ2) is 6.20. The van der Waals surface area contributed by atoms with Crippen molar-refractivity contribution in [3.8, 4) is 5.69 Å². The van der Waals surface area contributed by atoms with Crippen LogP contribution in [0.5, 0.6) is 0 Å². The molecule has 0 radical (unpaired) electrons. The van der Waals surface area contributed by atoms with Gasteiger partial charge < -0.3 is 14.6 Å². The Hall–Kier alpha value is -1.65. The number of aromatic nitrogens is 2. The van der Waals surface area contributed by atoms with E-state index < -0.39 is 0 Å². The van der Waals surface area contributed by atoms with E-state index in [2.05, 4.69) is 41.5 Å². The summed E-state index contributed by atoms with van der Waals surface area (Å²) in [5.74, 6) is 0.653. The Labute approximate surface area is 119 Å². The topological polar surface area (TPSA) is 39.1 Å². The van der Waals surface area contributed by atoms with Gasteiger partial charge in [0, 0.05) is 37.3 Å². The maximum absolute atomic E-state index is 5.44. The molecule has 1 aromatic carbocycles. The fourth-order valence-electron chi connectivity index (χ4n) is 2.59. The summed E-state index contributed by atoms with van der Waals surface area (Å²) in [6.45, 7) is 4.96. The van der Waals surface area contributed by atoms with Crippen LogP contribution in [-0.2, 0) is 11.3 Å². The van der Waals surface area contributed by atoms with E-state index in [9.17, 15) is 0 Å². The summed E-state index contributed by atoms with van der Waals surface area (Å²) in [7, 11) is 0. The van der Waals surface area contributed by atoms with Crippen molar-refractivity contribution in [1.29, 1.82) is 0 Å². The normalized spacial score (nSPS) is 20.1.